The van der Waals surface area contributed by atoms with Gasteiger partial charge in [0, 0.05) is 25.2 Å². The van der Waals surface area contributed by atoms with Gasteiger partial charge >= 0.3 is 6.03 Å². The number of ether oxygens (including phenoxy) is 3. The number of nitrogens with zero attached hydrogens (tertiary/aromatic N) is 1. The number of morpholine rings is 1. The van der Waals surface area contributed by atoms with Crippen LogP contribution in [0.1, 0.15) is 0 Å². The standard InChI is InChI=1S/C13H19N3O4/c1-18-11-7-9(14)10(8-12(11)19-2)15-13(17)16-3-5-20-6-4-16/h7-8H,3-6,14H2,1-2H3,(H,15,17). The lowest BCUT2D eigenvalue weighted by Crippen LogP contribution is -2.43. The molecule has 7 nitrogen and oxygen atoms in total. The molecule has 0 spiro atoms. The van der Waals surface area contributed by atoms with E-state index in [1.807, 2.05) is 0 Å². The number of anilines is 2. The average Bonchev–Trinajstić information content (AvgIpc) is 2.49. The summed E-state index contributed by atoms with van der Waals surface area (Å²) >= 11 is 0. The maximum Gasteiger partial charge on any atom is 0.322 e. The molecule has 1 aromatic carbocycles. The van der Waals surface area contributed by atoms with Crippen molar-refractivity contribution in [3.63, 3.8) is 0 Å². The van der Waals surface area contributed by atoms with E-state index in [1.165, 1.54) is 14.2 Å². The van der Waals surface area contributed by atoms with Gasteiger partial charge < -0.3 is 30.2 Å². The fourth-order valence-electron chi connectivity index (χ4n) is 1.96. The SMILES string of the molecule is COc1cc(N)c(NC(=O)N2CCOCC2)cc1OC. The van der Waals surface area contributed by atoms with E-state index in [0.29, 0.717) is 49.2 Å². The summed E-state index contributed by atoms with van der Waals surface area (Å²) in [5.41, 5.74) is 6.82. The Hall–Kier alpha value is -2.15. The van der Waals surface area contributed by atoms with E-state index in [2.05, 4.69) is 5.32 Å². The first kappa shape index (κ1) is 14.3. The van der Waals surface area contributed by atoms with Gasteiger partial charge in [-0.3, -0.25) is 0 Å². The number of hydrogen-bond acceptors (Lipinski definition) is 5. The van der Waals surface area contributed by atoms with Crippen LogP contribution in [0.2, 0.25) is 0 Å². The molecule has 0 bridgehead atoms. The molecule has 7 heteroatoms. The Bertz CT molecular complexity index is 487. The van der Waals surface area contributed by atoms with Crippen LogP contribution >= 0.6 is 0 Å². The van der Waals surface area contributed by atoms with Gasteiger partial charge in [-0.1, -0.05) is 0 Å². The number of nitrogens with two attached hydrogens (primary N) is 1. The Labute approximate surface area is 117 Å². The molecule has 3 N–H and O–H groups in total. The van der Waals surface area contributed by atoms with Gasteiger partial charge in [-0.15, -0.1) is 0 Å². The second-order valence-electron chi connectivity index (χ2n) is 4.32. The Morgan fingerprint density at radius 3 is 2.45 bits per heavy atom. The summed E-state index contributed by atoms with van der Waals surface area (Å²) in [5, 5.41) is 2.78. The third kappa shape index (κ3) is 3.05. The highest BCUT2D eigenvalue weighted by Crippen LogP contribution is 2.34. The molecule has 1 fully saturated rings. The lowest BCUT2D eigenvalue weighted by Gasteiger charge is -2.27. The molecule has 1 aliphatic heterocycles. The summed E-state index contributed by atoms with van der Waals surface area (Å²) in [7, 11) is 3.06. The van der Waals surface area contributed by atoms with Crippen LogP contribution in [-0.2, 0) is 4.74 Å². The van der Waals surface area contributed by atoms with Gasteiger partial charge in [0.05, 0.1) is 38.8 Å². The van der Waals surface area contributed by atoms with E-state index in [0.717, 1.165) is 0 Å². The second kappa shape index (κ2) is 6.33. The quantitative estimate of drug-likeness (QED) is 0.812. The Morgan fingerprint density at radius 1 is 1.25 bits per heavy atom. The van der Waals surface area contributed by atoms with Crippen molar-refractivity contribution < 1.29 is 19.0 Å². The summed E-state index contributed by atoms with van der Waals surface area (Å²) in [4.78, 5) is 13.8. The number of nitrogens with one attached hydrogen (secondary N) is 1. The lowest BCUT2D eigenvalue weighted by molar-refractivity contribution is 0.0564. The normalized spacial score (nSPS) is 14.8. The predicted octanol–water partition coefficient (Wildman–Crippen LogP) is 1.15. The zero-order valence-corrected chi connectivity index (χ0v) is 11.6. The third-order valence-corrected chi connectivity index (χ3v) is 3.10. The monoisotopic (exact) mass is 281 g/mol. The zero-order chi connectivity index (χ0) is 14.5. The van der Waals surface area contributed by atoms with Crippen molar-refractivity contribution in [1.82, 2.24) is 4.90 Å². The minimum Gasteiger partial charge on any atom is -0.493 e. The Morgan fingerprint density at radius 2 is 1.85 bits per heavy atom. The van der Waals surface area contributed by atoms with E-state index < -0.39 is 0 Å². The topological polar surface area (TPSA) is 86.0 Å². The second-order valence-corrected chi connectivity index (χ2v) is 4.32. The van der Waals surface area contributed by atoms with Gasteiger partial charge in [0.25, 0.3) is 0 Å². The molecular weight excluding hydrogens is 262 g/mol. The van der Waals surface area contributed by atoms with Gasteiger partial charge in [0.2, 0.25) is 0 Å². The van der Waals surface area contributed by atoms with Crippen molar-refractivity contribution in [2.75, 3.05) is 51.6 Å². The van der Waals surface area contributed by atoms with E-state index >= 15 is 0 Å². The number of nitrogen functional groups attached to an aromatic ring is 1. The van der Waals surface area contributed by atoms with Crippen LogP contribution in [0, 0.1) is 0 Å². The van der Waals surface area contributed by atoms with E-state index in [-0.39, 0.29) is 6.03 Å². The lowest BCUT2D eigenvalue weighted by atomic mass is 10.2. The summed E-state index contributed by atoms with van der Waals surface area (Å²) in [6.45, 7) is 2.24. The molecule has 1 saturated heterocycles. The third-order valence-electron chi connectivity index (χ3n) is 3.10. The molecule has 0 saturated carbocycles. The van der Waals surface area contributed by atoms with Crippen molar-refractivity contribution in [2.24, 2.45) is 0 Å². The predicted molar refractivity (Wildman–Crippen MR) is 75.4 cm³/mol. The number of carbonyl (C=O) groups excluding carboxylic acids is 1. The number of methoxy groups -OCH3 is 2. The molecule has 20 heavy (non-hydrogen) atoms. The highest BCUT2D eigenvalue weighted by molar-refractivity contribution is 5.93. The Kier molecular flexibility index (Phi) is 4.52. The van der Waals surface area contributed by atoms with Crippen molar-refractivity contribution in [2.45, 2.75) is 0 Å². The molecule has 0 aromatic heterocycles. The van der Waals surface area contributed by atoms with Crippen LogP contribution in [0.5, 0.6) is 11.5 Å². The van der Waals surface area contributed by atoms with Gasteiger partial charge in [0.15, 0.2) is 11.5 Å². The summed E-state index contributed by atoms with van der Waals surface area (Å²) in [5.74, 6) is 1.04. The first-order valence-electron chi connectivity index (χ1n) is 6.31. The number of urea groups is 1. The highest BCUT2D eigenvalue weighted by atomic mass is 16.5. The number of amides is 2. The summed E-state index contributed by atoms with van der Waals surface area (Å²) in [6.07, 6.45) is 0. The molecule has 0 aliphatic carbocycles. The molecule has 1 aromatic rings. The zero-order valence-electron chi connectivity index (χ0n) is 11.6. The van der Waals surface area contributed by atoms with Gasteiger partial charge in [-0.2, -0.15) is 0 Å². The molecule has 1 heterocycles. The van der Waals surface area contributed by atoms with Gasteiger partial charge in [-0.25, -0.2) is 4.79 Å². The number of rotatable bonds is 3. The van der Waals surface area contributed by atoms with E-state index in [9.17, 15) is 4.79 Å². The van der Waals surface area contributed by atoms with Crippen LogP contribution in [0.3, 0.4) is 0 Å². The molecule has 0 unspecified atom stereocenters. The molecular formula is C13H19N3O4. The molecule has 110 valence electrons. The van der Waals surface area contributed by atoms with Crippen molar-refractivity contribution in [1.29, 1.82) is 0 Å². The number of carbonyl (C=O) groups is 1. The first-order valence-corrected chi connectivity index (χ1v) is 6.31. The molecule has 0 atom stereocenters. The van der Waals surface area contributed by atoms with Crippen LogP contribution in [0.15, 0.2) is 12.1 Å². The summed E-state index contributed by atoms with van der Waals surface area (Å²) in [6, 6.07) is 3.06. The van der Waals surface area contributed by atoms with Crippen molar-refractivity contribution >= 4 is 17.4 Å². The number of benzene rings is 1. The maximum absolute atomic E-state index is 12.1. The van der Waals surface area contributed by atoms with Gasteiger partial charge in [0.1, 0.15) is 0 Å². The van der Waals surface area contributed by atoms with Crippen LogP contribution in [-0.4, -0.2) is 51.5 Å². The molecule has 0 radical (unpaired) electrons. The van der Waals surface area contributed by atoms with E-state index in [1.54, 1.807) is 17.0 Å². The molecule has 2 amide bonds. The van der Waals surface area contributed by atoms with Crippen molar-refractivity contribution in [3.05, 3.63) is 12.1 Å². The fourth-order valence-corrected chi connectivity index (χ4v) is 1.96. The van der Waals surface area contributed by atoms with Gasteiger partial charge in [-0.05, 0) is 0 Å². The first-order chi connectivity index (χ1) is 9.65. The highest BCUT2D eigenvalue weighted by Gasteiger charge is 2.18. The van der Waals surface area contributed by atoms with Crippen molar-refractivity contribution in [3.8, 4) is 11.5 Å². The largest absolute Gasteiger partial charge is 0.493 e. The minimum absolute atomic E-state index is 0.202. The number of hydrogen-bond donors (Lipinski definition) is 2. The van der Waals surface area contributed by atoms with Crippen LogP contribution < -0.4 is 20.5 Å². The van der Waals surface area contributed by atoms with Crippen LogP contribution in [0.25, 0.3) is 0 Å². The maximum atomic E-state index is 12.1. The fraction of sp³-hybridized carbons (Fsp3) is 0.462. The minimum atomic E-state index is -0.202. The van der Waals surface area contributed by atoms with Crippen LogP contribution in [0.4, 0.5) is 16.2 Å². The molecule has 1 aliphatic rings. The smallest absolute Gasteiger partial charge is 0.322 e. The average molecular weight is 281 g/mol. The summed E-state index contributed by atoms with van der Waals surface area (Å²) < 4.78 is 15.5. The Balaban J connectivity index is 2.13. The van der Waals surface area contributed by atoms with E-state index in [4.69, 9.17) is 19.9 Å². The molecule has 2 rings (SSSR count).